The average Bonchev–Trinajstić information content (AvgIpc) is 3.53. The molecule has 3 aliphatic heterocycles. The van der Waals surface area contributed by atoms with Crippen LogP contribution in [0.3, 0.4) is 0 Å². The van der Waals surface area contributed by atoms with Crippen LogP contribution in [0, 0.1) is 5.92 Å². The summed E-state index contributed by atoms with van der Waals surface area (Å²) in [4.78, 5) is 25.8. The largest absolute Gasteiger partial charge is 0.393 e. The molecule has 3 atom stereocenters. The summed E-state index contributed by atoms with van der Waals surface area (Å²) >= 11 is 1.59. The number of nitrogens with one attached hydrogen (secondary N) is 2. The zero-order valence-electron chi connectivity index (χ0n) is 17.8. The van der Waals surface area contributed by atoms with E-state index in [0.29, 0.717) is 12.5 Å². The lowest BCUT2D eigenvalue weighted by atomic mass is 9.98. The molecular weight excluding hydrogens is 422 g/mol. The third-order valence-electron chi connectivity index (χ3n) is 7.12. The molecule has 6 rings (SSSR count). The molecule has 166 valence electrons. The van der Waals surface area contributed by atoms with Crippen molar-refractivity contribution in [2.24, 2.45) is 5.92 Å². The molecule has 3 unspecified atom stereocenters. The van der Waals surface area contributed by atoms with E-state index in [0.717, 1.165) is 65.8 Å². The normalized spacial score (nSPS) is 27.2. The molecule has 3 saturated heterocycles. The number of aromatic nitrogens is 2. The Morgan fingerprint density at radius 2 is 1.91 bits per heavy atom. The van der Waals surface area contributed by atoms with Crippen molar-refractivity contribution in [3.8, 4) is 11.1 Å². The number of carbonyl (C=O) groups excluding carboxylic acids is 1. The molecule has 0 spiro atoms. The van der Waals surface area contributed by atoms with Gasteiger partial charge in [0.15, 0.2) is 0 Å². The molecule has 2 aromatic heterocycles. The molecular formula is C24H27N5O2S. The number of hydrogen-bond acceptors (Lipinski definition) is 7. The molecule has 32 heavy (non-hydrogen) atoms. The summed E-state index contributed by atoms with van der Waals surface area (Å²) in [5.74, 6) is 1.23. The van der Waals surface area contributed by atoms with Gasteiger partial charge in [0.2, 0.25) is 11.9 Å². The predicted molar refractivity (Wildman–Crippen MR) is 127 cm³/mol. The second-order valence-electron chi connectivity index (χ2n) is 9.16. The average molecular weight is 450 g/mol. The van der Waals surface area contributed by atoms with Crippen molar-refractivity contribution >= 4 is 39.2 Å². The van der Waals surface area contributed by atoms with Crippen molar-refractivity contribution in [2.45, 2.75) is 50.3 Å². The van der Waals surface area contributed by atoms with E-state index in [1.54, 1.807) is 11.3 Å². The van der Waals surface area contributed by atoms with Crippen LogP contribution in [0.2, 0.25) is 0 Å². The highest BCUT2D eigenvalue weighted by molar-refractivity contribution is 7.17. The molecule has 5 heterocycles. The molecule has 1 amide bonds. The van der Waals surface area contributed by atoms with Crippen LogP contribution in [0.4, 0.5) is 11.8 Å². The Kier molecular flexibility index (Phi) is 5.08. The fourth-order valence-electron chi connectivity index (χ4n) is 5.58. The van der Waals surface area contributed by atoms with Crippen molar-refractivity contribution in [2.75, 3.05) is 23.3 Å². The number of rotatable bonds is 4. The second-order valence-corrected chi connectivity index (χ2v) is 10.0. The van der Waals surface area contributed by atoms with E-state index in [1.807, 2.05) is 18.2 Å². The minimum absolute atomic E-state index is 0.0165. The van der Waals surface area contributed by atoms with Crippen LogP contribution < -0.4 is 15.5 Å². The minimum atomic E-state index is -0.244. The minimum Gasteiger partial charge on any atom is -0.393 e. The van der Waals surface area contributed by atoms with Crippen molar-refractivity contribution in [3.63, 3.8) is 0 Å². The van der Waals surface area contributed by atoms with Crippen molar-refractivity contribution in [3.05, 3.63) is 35.7 Å². The van der Waals surface area contributed by atoms with Gasteiger partial charge >= 0.3 is 0 Å². The highest BCUT2D eigenvalue weighted by Crippen LogP contribution is 2.45. The van der Waals surface area contributed by atoms with Gasteiger partial charge in [0.05, 0.1) is 17.4 Å². The number of aliphatic hydroxyl groups excluding tert-OH is 1. The van der Waals surface area contributed by atoms with Gasteiger partial charge in [-0.2, -0.15) is 4.98 Å². The standard InChI is InChI=1S/C24H27N5O2S/c30-18-10-16-6-7-17(11-18)29(16)21-20-19(14-4-2-1-3-5-14)13-32-23(20)28-24(26-21)27-22(31)15-8-9-25-12-15/h1-5,13,15-18,25,30H,6-12H2,(H,26,27,28,31). The molecule has 0 radical (unpaired) electrons. The SMILES string of the molecule is O=C(Nc1nc(N2C3CCC2CC(O)C3)c2c(-c3ccccc3)csc2n1)C1CCNC1. The third kappa shape index (κ3) is 3.46. The van der Waals surface area contributed by atoms with E-state index >= 15 is 0 Å². The molecule has 3 aliphatic rings. The van der Waals surface area contributed by atoms with E-state index in [4.69, 9.17) is 9.97 Å². The van der Waals surface area contributed by atoms with E-state index in [1.165, 1.54) is 0 Å². The number of benzene rings is 1. The lowest BCUT2D eigenvalue weighted by Gasteiger charge is -2.38. The monoisotopic (exact) mass is 449 g/mol. The van der Waals surface area contributed by atoms with Crippen LogP contribution in [0.25, 0.3) is 21.3 Å². The topological polar surface area (TPSA) is 90.4 Å². The van der Waals surface area contributed by atoms with E-state index in [9.17, 15) is 9.90 Å². The number of carbonyl (C=O) groups is 1. The number of hydrogen-bond donors (Lipinski definition) is 3. The Morgan fingerprint density at radius 1 is 1.12 bits per heavy atom. The highest BCUT2D eigenvalue weighted by Gasteiger charge is 2.42. The fourth-order valence-corrected chi connectivity index (χ4v) is 6.52. The smallest absolute Gasteiger partial charge is 0.232 e. The first-order valence-corrected chi connectivity index (χ1v) is 12.4. The number of piperidine rings is 1. The maximum Gasteiger partial charge on any atom is 0.232 e. The first kappa shape index (κ1) is 20.1. The molecule has 7 nitrogen and oxygen atoms in total. The van der Waals surface area contributed by atoms with E-state index in [2.05, 4.69) is 33.0 Å². The van der Waals surface area contributed by atoms with Gasteiger partial charge in [-0.25, -0.2) is 4.98 Å². The Balaban J connectivity index is 1.46. The summed E-state index contributed by atoms with van der Waals surface area (Å²) < 4.78 is 0. The second kappa shape index (κ2) is 8.10. The number of anilines is 2. The summed E-state index contributed by atoms with van der Waals surface area (Å²) in [6.45, 7) is 1.57. The fraction of sp³-hybridized carbons (Fsp3) is 0.458. The molecule has 3 N–H and O–H groups in total. The van der Waals surface area contributed by atoms with Gasteiger partial charge in [0.1, 0.15) is 10.6 Å². The summed E-state index contributed by atoms with van der Waals surface area (Å²) in [5.41, 5.74) is 2.27. The zero-order chi connectivity index (χ0) is 21.7. The maximum absolute atomic E-state index is 12.8. The van der Waals surface area contributed by atoms with Crippen molar-refractivity contribution < 1.29 is 9.90 Å². The predicted octanol–water partition coefficient (Wildman–Crippen LogP) is 3.40. The lowest BCUT2D eigenvalue weighted by Crippen LogP contribution is -2.45. The van der Waals surface area contributed by atoms with Crippen LogP contribution in [0.15, 0.2) is 35.7 Å². The number of nitrogens with zero attached hydrogens (tertiary/aromatic N) is 3. The van der Waals surface area contributed by atoms with Crippen LogP contribution in [-0.2, 0) is 4.79 Å². The first-order valence-electron chi connectivity index (χ1n) is 11.5. The Hall–Kier alpha value is -2.55. The third-order valence-corrected chi connectivity index (χ3v) is 7.99. The number of fused-ring (bicyclic) bond motifs is 3. The summed E-state index contributed by atoms with van der Waals surface area (Å²) in [5, 5.41) is 19.8. The van der Waals surface area contributed by atoms with Crippen LogP contribution in [-0.4, -0.2) is 52.3 Å². The van der Waals surface area contributed by atoms with Crippen LogP contribution >= 0.6 is 11.3 Å². The molecule has 3 fully saturated rings. The molecule has 3 aromatic rings. The molecule has 0 saturated carbocycles. The zero-order valence-corrected chi connectivity index (χ0v) is 18.6. The van der Waals surface area contributed by atoms with Crippen molar-refractivity contribution in [1.29, 1.82) is 0 Å². The molecule has 0 aliphatic carbocycles. The number of aliphatic hydroxyl groups is 1. The van der Waals surface area contributed by atoms with Gasteiger partial charge in [0.25, 0.3) is 0 Å². The molecule has 2 bridgehead atoms. The van der Waals surface area contributed by atoms with Crippen molar-refractivity contribution in [1.82, 2.24) is 15.3 Å². The van der Waals surface area contributed by atoms with E-state index < -0.39 is 0 Å². The number of thiophene rings is 1. The van der Waals surface area contributed by atoms with Gasteiger partial charge in [0, 0.05) is 29.6 Å². The van der Waals surface area contributed by atoms with Gasteiger partial charge in [-0.05, 0) is 44.2 Å². The van der Waals surface area contributed by atoms with Gasteiger partial charge < -0.3 is 15.3 Å². The summed E-state index contributed by atoms with van der Waals surface area (Å²) in [7, 11) is 0. The lowest BCUT2D eigenvalue weighted by molar-refractivity contribution is -0.119. The highest BCUT2D eigenvalue weighted by atomic mass is 32.1. The summed E-state index contributed by atoms with van der Waals surface area (Å²) in [6, 6.07) is 10.9. The maximum atomic E-state index is 12.8. The quantitative estimate of drug-likeness (QED) is 0.566. The Bertz CT molecular complexity index is 1130. The van der Waals surface area contributed by atoms with E-state index in [-0.39, 0.29) is 30.0 Å². The van der Waals surface area contributed by atoms with Gasteiger partial charge in [-0.3, -0.25) is 10.1 Å². The van der Waals surface area contributed by atoms with Gasteiger partial charge in [-0.15, -0.1) is 11.3 Å². The summed E-state index contributed by atoms with van der Waals surface area (Å²) in [6.07, 6.45) is 4.25. The molecule has 1 aromatic carbocycles. The van der Waals surface area contributed by atoms with Crippen LogP contribution in [0.5, 0.6) is 0 Å². The molecule has 8 heteroatoms. The van der Waals surface area contributed by atoms with Gasteiger partial charge in [-0.1, -0.05) is 30.3 Å². The number of amides is 1. The Morgan fingerprint density at radius 3 is 2.62 bits per heavy atom. The Labute approximate surface area is 190 Å². The van der Waals surface area contributed by atoms with Crippen LogP contribution in [0.1, 0.15) is 32.1 Å². The first-order chi connectivity index (χ1) is 15.7.